The molecule has 2 heterocycles. The fourth-order valence-corrected chi connectivity index (χ4v) is 3.57. The summed E-state index contributed by atoms with van der Waals surface area (Å²) >= 11 is 0. The molecule has 1 aromatic rings. The van der Waals surface area contributed by atoms with Gasteiger partial charge in [-0.2, -0.15) is 0 Å². The maximum absolute atomic E-state index is 12.8. The Kier molecular flexibility index (Phi) is 5.93. The molecule has 2 aliphatic rings. The smallest absolute Gasteiger partial charge is 0.227 e. The summed E-state index contributed by atoms with van der Waals surface area (Å²) in [5, 5.41) is 0. The SMILES string of the molecule is COc1ccc(CC(=O)N2C[C@@H](OCCN(C)C)[C@@H]3COC[C@@H]32)cc1. The number of likely N-dealkylation sites (N-methyl/N-ethyl adjacent to an activating group) is 1. The number of likely N-dealkylation sites (tertiary alicyclic amines) is 1. The first-order chi connectivity index (χ1) is 12.1. The van der Waals surface area contributed by atoms with E-state index in [1.807, 2.05) is 43.3 Å². The first kappa shape index (κ1) is 18.2. The van der Waals surface area contributed by atoms with E-state index in [1.54, 1.807) is 7.11 Å². The van der Waals surface area contributed by atoms with Crippen molar-refractivity contribution in [3.05, 3.63) is 29.8 Å². The molecule has 0 spiro atoms. The normalized spacial score (nSPS) is 25.4. The highest BCUT2D eigenvalue weighted by Crippen LogP contribution is 2.32. The maximum atomic E-state index is 12.8. The van der Waals surface area contributed by atoms with Crippen molar-refractivity contribution in [1.29, 1.82) is 0 Å². The van der Waals surface area contributed by atoms with Gasteiger partial charge in [-0.1, -0.05) is 12.1 Å². The molecule has 138 valence electrons. The molecular formula is C19H28N2O4. The predicted octanol–water partition coefficient (Wildman–Crippen LogP) is 1.04. The Balaban J connectivity index is 1.59. The molecule has 6 nitrogen and oxygen atoms in total. The molecule has 0 radical (unpaired) electrons. The minimum atomic E-state index is 0.0762. The molecule has 0 unspecified atom stereocenters. The van der Waals surface area contributed by atoms with Gasteiger partial charge in [0.25, 0.3) is 0 Å². The Hall–Kier alpha value is -1.63. The van der Waals surface area contributed by atoms with E-state index in [4.69, 9.17) is 14.2 Å². The van der Waals surface area contributed by atoms with E-state index in [0.717, 1.165) is 17.9 Å². The van der Waals surface area contributed by atoms with Gasteiger partial charge >= 0.3 is 0 Å². The lowest BCUT2D eigenvalue weighted by Crippen LogP contribution is -2.39. The van der Waals surface area contributed by atoms with Crippen molar-refractivity contribution in [3.8, 4) is 5.75 Å². The van der Waals surface area contributed by atoms with Crippen molar-refractivity contribution >= 4 is 5.91 Å². The van der Waals surface area contributed by atoms with E-state index in [-0.39, 0.29) is 18.1 Å². The lowest BCUT2D eigenvalue weighted by atomic mass is 10.0. The van der Waals surface area contributed by atoms with Crippen LogP contribution in [0.5, 0.6) is 5.75 Å². The van der Waals surface area contributed by atoms with Crippen molar-refractivity contribution < 1.29 is 19.0 Å². The lowest BCUT2D eigenvalue weighted by molar-refractivity contribution is -0.132. The third-order valence-electron chi connectivity index (χ3n) is 5.05. The fourth-order valence-electron chi connectivity index (χ4n) is 3.57. The van der Waals surface area contributed by atoms with Gasteiger partial charge in [-0.3, -0.25) is 4.79 Å². The second-order valence-corrected chi connectivity index (χ2v) is 7.05. The third-order valence-corrected chi connectivity index (χ3v) is 5.05. The number of carbonyl (C=O) groups excluding carboxylic acids is 1. The van der Waals surface area contributed by atoms with Gasteiger partial charge in [-0.15, -0.1) is 0 Å². The molecule has 2 saturated heterocycles. The number of hydrogen-bond acceptors (Lipinski definition) is 5. The second kappa shape index (κ2) is 8.17. The van der Waals surface area contributed by atoms with E-state index < -0.39 is 0 Å². The zero-order chi connectivity index (χ0) is 17.8. The molecule has 1 amide bonds. The van der Waals surface area contributed by atoms with Crippen LogP contribution < -0.4 is 4.74 Å². The summed E-state index contributed by atoms with van der Waals surface area (Å²) in [5.41, 5.74) is 0.998. The van der Waals surface area contributed by atoms with Crippen molar-refractivity contribution in [2.24, 2.45) is 5.92 Å². The molecular weight excluding hydrogens is 320 g/mol. The molecule has 0 aliphatic carbocycles. The second-order valence-electron chi connectivity index (χ2n) is 7.05. The van der Waals surface area contributed by atoms with Crippen LogP contribution in [0.2, 0.25) is 0 Å². The van der Waals surface area contributed by atoms with Gasteiger partial charge in [0.1, 0.15) is 5.75 Å². The van der Waals surface area contributed by atoms with Crippen LogP contribution in [0.4, 0.5) is 0 Å². The third kappa shape index (κ3) is 4.32. The molecule has 6 heteroatoms. The topological polar surface area (TPSA) is 51.2 Å². The van der Waals surface area contributed by atoms with Gasteiger partial charge in [0.2, 0.25) is 5.91 Å². The molecule has 0 N–H and O–H groups in total. The van der Waals surface area contributed by atoms with Crippen LogP contribution in [0.25, 0.3) is 0 Å². The number of hydrogen-bond donors (Lipinski definition) is 0. The summed E-state index contributed by atoms with van der Waals surface area (Å²) in [6.07, 6.45) is 0.477. The highest BCUT2D eigenvalue weighted by atomic mass is 16.5. The highest BCUT2D eigenvalue weighted by Gasteiger charge is 2.47. The van der Waals surface area contributed by atoms with Gasteiger partial charge in [-0.05, 0) is 31.8 Å². The molecule has 1 aromatic carbocycles. The summed E-state index contributed by atoms with van der Waals surface area (Å²) in [7, 11) is 5.70. The monoisotopic (exact) mass is 348 g/mol. The van der Waals surface area contributed by atoms with E-state index >= 15 is 0 Å². The first-order valence-electron chi connectivity index (χ1n) is 8.85. The van der Waals surface area contributed by atoms with Gasteiger partial charge in [0.15, 0.2) is 0 Å². The predicted molar refractivity (Wildman–Crippen MR) is 94.8 cm³/mol. The van der Waals surface area contributed by atoms with Gasteiger partial charge in [-0.25, -0.2) is 0 Å². The Morgan fingerprint density at radius 2 is 2.04 bits per heavy atom. The maximum Gasteiger partial charge on any atom is 0.227 e. The number of methoxy groups -OCH3 is 1. The average molecular weight is 348 g/mol. The lowest BCUT2D eigenvalue weighted by Gasteiger charge is -2.22. The minimum absolute atomic E-state index is 0.0762. The van der Waals surface area contributed by atoms with Crippen LogP contribution >= 0.6 is 0 Å². The van der Waals surface area contributed by atoms with Crippen molar-refractivity contribution in [1.82, 2.24) is 9.80 Å². The highest BCUT2D eigenvalue weighted by molar-refractivity contribution is 5.79. The Bertz CT molecular complexity index is 575. The number of nitrogens with zero attached hydrogens (tertiary/aromatic N) is 2. The van der Waals surface area contributed by atoms with Gasteiger partial charge in [0, 0.05) is 19.0 Å². The number of carbonyl (C=O) groups is 1. The number of fused-ring (bicyclic) bond motifs is 1. The van der Waals surface area contributed by atoms with Gasteiger partial charge < -0.3 is 24.0 Å². The molecule has 2 aliphatic heterocycles. The van der Waals surface area contributed by atoms with E-state index in [9.17, 15) is 4.79 Å². The number of rotatable bonds is 7. The largest absolute Gasteiger partial charge is 0.497 e. The molecule has 3 rings (SSSR count). The van der Waals surface area contributed by atoms with E-state index in [0.29, 0.717) is 38.7 Å². The Morgan fingerprint density at radius 3 is 2.72 bits per heavy atom. The van der Waals surface area contributed by atoms with Gasteiger partial charge in [0.05, 0.1) is 45.5 Å². The summed E-state index contributed by atoms with van der Waals surface area (Å²) in [6.45, 7) is 3.53. The molecule has 0 bridgehead atoms. The first-order valence-corrected chi connectivity index (χ1v) is 8.85. The number of amides is 1. The number of benzene rings is 1. The van der Waals surface area contributed by atoms with Crippen LogP contribution in [-0.2, 0) is 20.7 Å². The summed E-state index contributed by atoms with van der Waals surface area (Å²) in [6, 6.07) is 7.82. The summed E-state index contributed by atoms with van der Waals surface area (Å²) in [4.78, 5) is 16.9. The molecule has 25 heavy (non-hydrogen) atoms. The molecule has 0 saturated carbocycles. The molecule has 2 fully saturated rings. The Morgan fingerprint density at radius 1 is 1.28 bits per heavy atom. The zero-order valence-electron chi connectivity index (χ0n) is 15.3. The quantitative estimate of drug-likeness (QED) is 0.737. The van der Waals surface area contributed by atoms with Crippen LogP contribution in [0, 0.1) is 5.92 Å². The zero-order valence-corrected chi connectivity index (χ0v) is 15.3. The Labute approximate surface area is 149 Å². The van der Waals surface area contributed by atoms with E-state index in [1.165, 1.54) is 0 Å². The minimum Gasteiger partial charge on any atom is -0.497 e. The molecule has 3 atom stereocenters. The van der Waals surface area contributed by atoms with E-state index in [2.05, 4.69) is 4.90 Å². The van der Waals surface area contributed by atoms with Crippen molar-refractivity contribution in [3.63, 3.8) is 0 Å². The molecule has 0 aromatic heterocycles. The van der Waals surface area contributed by atoms with Crippen molar-refractivity contribution in [2.75, 3.05) is 54.1 Å². The summed E-state index contributed by atoms with van der Waals surface area (Å²) < 4.78 is 16.9. The summed E-state index contributed by atoms with van der Waals surface area (Å²) in [5.74, 6) is 1.24. The van der Waals surface area contributed by atoms with Crippen LogP contribution in [-0.4, -0.2) is 82.0 Å². The van der Waals surface area contributed by atoms with Crippen LogP contribution in [0.1, 0.15) is 5.56 Å². The number of ether oxygens (including phenoxy) is 3. The average Bonchev–Trinajstić information content (AvgIpc) is 3.19. The van der Waals surface area contributed by atoms with Crippen LogP contribution in [0.3, 0.4) is 0 Å². The standard InChI is InChI=1S/C19H28N2O4/c1-20(2)8-9-25-18-11-21(17-13-24-12-16(17)18)19(22)10-14-4-6-15(23-3)7-5-14/h4-7,16-18H,8-13H2,1-3H3/t16-,17+,18-/m1/s1. The van der Waals surface area contributed by atoms with Crippen LogP contribution in [0.15, 0.2) is 24.3 Å². The van der Waals surface area contributed by atoms with Crippen molar-refractivity contribution in [2.45, 2.75) is 18.6 Å². The fraction of sp³-hybridized carbons (Fsp3) is 0.632.